The molecule has 1 fully saturated rings. The molecule has 0 amide bonds. The van der Waals surface area contributed by atoms with Crippen molar-refractivity contribution in [2.45, 2.75) is 4.90 Å². The molecule has 146 valence electrons. The molecule has 0 bridgehead atoms. The summed E-state index contributed by atoms with van der Waals surface area (Å²) in [6.07, 6.45) is 1.46. The number of hydrogen-bond donors (Lipinski definition) is 1. The van der Waals surface area contributed by atoms with E-state index in [-0.39, 0.29) is 20.6 Å². The maximum atomic E-state index is 12.7. The first-order chi connectivity index (χ1) is 12.8. The summed E-state index contributed by atoms with van der Waals surface area (Å²) in [5, 5.41) is 0.439. The topological polar surface area (TPSA) is 87.7 Å². The van der Waals surface area contributed by atoms with Gasteiger partial charge in [-0.3, -0.25) is 4.72 Å². The second kappa shape index (κ2) is 8.05. The molecule has 0 spiro atoms. The lowest BCUT2D eigenvalue weighted by atomic mass is 10.4. The molecule has 3 rings (SSSR count). The van der Waals surface area contributed by atoms with Gasteiger partial charge < -0.3 is 14.5 Å². The maximum absolute atomic E-state index is 12.7. The first-order valence-corrected chi connectivity index (χ1v) is 10.4. The Labute approximate surface area is 168 Å². The van der Waals surface area contributed by atoms with Crippen molar-refractivity contribution < 1.29 is 13.2 Å². The van der Waals surface area contributed by atoms with Gasteiger partial charge in [0.2, 0.25) is 5.95 Å². The van der Waals surface area contributed by atoms with Crippen molar-refractivity contribution in [3.63, 3.8) is 0 Å². The molecule has 1 aliphatic rings. The minimum Gasteiger partial charge on any atom is -0.378 e. The molecule has 11 heteroatoms. The summed E-state index contributed by atoms with van der Waals surface area (Å²) in [4.78, 5) is 12.5. The SMILES string of the molecule is CN(C)c1nc(N2CCOCC2)ncc1NS(=O)(=O)c1ccc(Cl)c(Cl)c1. The van der Waals surface area contributed by atoms with E-state index in [0.29, 0.717) is 38.1 Å². The van der Waals surface area contributed by atoms with Crippen LogP contribution in [0.4, 0.5) is 17.5 Å². The molecule has 1 saturated heterocycles. The van der Waals surface area contributed by atoms with Crippen LogP contribution in [0.15, 0.2) is 29.3 Å². The van der Waals surface area contributed by atoms with Crippen LogP contribution in [0.5, 0.6) is 0 Å². The molecule has 2 heterocycles. The Morgan fingerprint density at radius 1 is 1.19 bits per heavy atom. The number of hydrogen-bond acceptors (Lipinski definition) is 7. The monoisotopic (exact) mass is 431 g/mol. The number of rotatable bonds is 5. The van der Waals surface area contributed by atoms with Crippen molar-refractivity contribution >= 4 is 50.7 Å². The first-order valence-electron chi connectivity index (χ1n) is 8.13. The Kier molecular flexibility index (Phi) is 5.95. The van der Waals surface area contributed by atoms with Crippen LogP contribution in [0.3, 0.4) is 0 Å². The van der Waals surface area contributed by atoms with Crippen molar-refractivity contribution in [1.29, 1.82) is 0 Å². The van der Waals surface area contributed by atoms with Crippen molar-refractivity contribution in [2.24, 2.45) is 0 Å². The third kappa shape index (κ3) is 4.55. The summed E-state index contributed by atoms with van der Waals surface area (Å²) in [6.45, 7) is 2.57. The number of nitrogens with one attached hydrogen (secondary N) is 1. The summed E-state index contributed by atoms with van der Waals surface area (Å²) in [5.41, 5.74) is 0.267. The molecule has 2 aromatic rings. The van der Waals surface area contributed by atoms with Gasteiger partial charge in [-0.05, 0) is 18.2 Å². The lowest BCUT2D eigenvalue weighted by Crippen LogP contribution is -2.37. The van der Waals surface area contributed by atoms with E-state index in [9.17, 15) is 8.42 Å². The molecule has 0 unspecified atom stereocenters. The third-order valence-electron chi connectivity index (χ3n) is 3.92. The highest BCUT2D eigenvalue weighted by molar-refractivity contribution is 7.92. The zero-order valence-electron chi connectivity index (χ0n) is 14.8. The van der Waals surface area contributed by atoms with E-state index < -0.39 is 10.0 Å². The number of nitrogens with zero attached hydrogens (tertiary/aromatic N) is 4. The first kappa shape index (κ1) is 19.9. The Bertz CT molecular complexity index is 934. The fourth-order valence-electron chi connectivity index (χ4n) is 2.54. The van der Waals surface area contributed by atoms with Crippen LogP contribution < -0.4 is 14.5 Å². The molecule has 8 nitrogen and oxygen atoms in total. The van der Waals surface area contributed by atoms with Crippen LogP contribution in [0.1, 0.15) is 0 Å². The second-order valence-electron chi connectivity index (χ2n) is 6.08. The summed E-state index contributed by atoms with van der Waals surface area (Å²) in [7, 11) is -0.319. The molecule has 1 aromatic carbocycles. The van der Waals surface area contributed by atoms with Gasteiger partial charge in [-0.15, -0.1) is 0 Å². The molecule has 0 aliphatic carbocycles. The van der Waals surface area contributed by atoms with Gasteiger partial charge in [0.25, 0.3) is 10.0 Å². The van der Waals surface area contributed by atoms with Crippen LogP contribution in [0, 0.1) is 0 Å². The molecule has 0 saturated carbocycles. The van der Waals surface area contributed by atoms with E-state index in [1.54, 1.807) is 19.0 Å². The Hall–Kier alpha value is -1.81. The normalized spacial score (nSPS) is 14.9. The van der Waals surface area contributed by atoms with Crippen molar-refractivity contribution in [2.75, 3.05) is 54.9 Å². The highest BCUT2D eigenvalue weighted by Gasteiger charge is 2.21. The summed E-state index contributed by atoms with van der Waals surface area (Å²) in [5.74, 6) is 0.981. The predicted octanol–water partition coefficient (Wildman–Crippen LogP) is 2.49. The number of aromatic nitrogens is 2. The van der Waals surface area contributed by atoms with E-state index >= 15 is 0 Å². The molecular weight excluding hydrogens is 413 g/mol. The van der Waals surface area contributed by atoms with Crippen LogP contribution >= 0.6 is 23.2 Å². The van der Waals surface area contributed by atoms with Crippen LogP contribution in [0.25, 0.3) is 0 Å². The smallest absolute Gasteiger partial charge is 0.262 e. The minimum atomic E-state index is -3.88. The van der Waals surface area contributed by atoms with E-state index in [4.69, 9.17) is 27.9 Å². The summed E-state index contributed by atoms with van der Waals surface area (Å²) < 4.78 is 33.3. The molecule has 1 N–H and O–H groups in total. The van der Waals surface area contributed by atoms with Crippen molar-refractivity contribution in [3.05, 3.63) is 34.4 Å². The van der Waals surface area contributed by atoms with E-state index in [1.807, 2.05) is 4.90 Å². The van der Waals surface area contributed by atoms with Gasteiger partial charge in [0.1, 0.15) is 5.69 Å². The maximum Gasteiger partial charge on any atom is 0.262 e. The number of morpholine rings is 1. The van der Waals surface area contributed by atoms with Crippen molar-refractivity contribution in [1.82, 2.24) is 9.97 Å². The average Bonchev–Trinajstić information content (AvgIpc) is 2.64. The van der Waals surface area contributed by atoms with Crippen LogP contribution in [0.2, 0.25) is 10.0 Å². The average molecular weight is 432 g/mol. The molecule has 0 radical (unpaired) electrons. The van der Waals surface area contributed by atoms with Gasteiger partial charge in [0.15, 0.2) is 5.82 Å². The van der Waals surface area contributed by atoms with E-state index in [0.717, 1.165) is 0 Å². The fraction of sp³-hybridized carbons (Fsp3) is 0.375. The molecule has 27 heavy (non-hydrogen) atoms. The predicted molar refractivity (Wildman–Crippen MR) is 107 cm³/mol. The quantitative estimate of drug-likeness (QED) is 0.777. The zero-order chi connectivity index (χ0) is 19.6. The Morgan fingerprint density at radius 3 is 2.52 bits per heavy atom. The van der Waals surface area contributed by atoms with Gasteiger partial charge >= 0.3 is 0 Å². The number of anilines is 3. The summed E-state index contributed by atoms with van der Waals surface area (Å²) in [6, 6.07) is 4.11. The highest BCUT2D eigenvalue weighted by Crippen LogP contribution is 2.29. The number of sulfonamides is 1. The van der Waals surface area contributed by atoms with Gasteiger partial charge in [0, 0.05) is 27.2 Å². The van der Waals surface area contributed by atoms with Gasteiger partial charge in [0.05, 0.1) is 34.4 Å². The van der Waals surface area contributed by atoms with Gasteiger partial charge in [-0.25, -0.2) is 13.4 Å². The van der Waals surface area contributed by atoms with Crippen LogP contribution in [-0.2, 0) is 14.8 Å². The second-order valence-corrected chi connectivity index (χ2v) is 8.58. The summed E-state index contributed by atoms with van der Waals surface area (Å²) >= 11 is 11.8. The minimum absolute atomic E-state index is 0.00105. The molecule has 0 atom stereocenters. The van der Waals surface area contributed by atoms with Gasteiger partial charge in [-0.1, -0.05) is 23.2 Å². The number of benzene rings is 1. The Balaban J connectivity index is 1.92. The number of ether oxygens (including phenoxy) is 1. The van der Waals surface area contributed by atoms with E-state index in [1.165, 1.54) is 24.4 Å². The largest absolute Gasteiger partial charge is 0.378 e. The zero-order valence-corrected chi connectivity index (χ0v) is 17.1. The molecular formula is C16H19Cl2N5O3S. The number of halogens is 2. The lowest BCUT2D eigenvalue weighted by molar-refractivity contribution is 0.122. The molecule has 1 aliphatic heterocycles. The highest BCUT2D eigenvalue weighted by atomic mass is 35.5. The Morgan fingerprint density at radius 2 is 1.89 bits per heavy atom. The lowest BCUT2D eigenvalue weighted by Gasteiger charge is -2.28. The van der Waals surface area contributed by atoms with E-state index in [2.05, 4.69) is 14.7 Å². The van der Waals surface area contributed by atoms with Crippen LogP contribution in [-0.4, -0.2) is 58.8 Å². The standard InChI is InChI=1S/C16H19Cl2N5O3S/c1-22(2)15-14(10-19-16(20-15)23-5-7-26-8-6-23)21-27(24,25)11-3-4-12(17)13(18)9-11/h3-4,9-10,21H,5-8H2,1-2H3. The fourth-order valence-corrected chi connectivity index (χ4v) is 3.97. The third-order valence-corrected chi connectivity index (χ3v) is 6.02. The van der Waals surface area contributed by atoms with Gasteiger partial charge in [-0.2, -0.15) is 4.98 Å². The van der Waals surface area contributed by atoms with Crippen molar-refractivity contribution in [3.8, 4) is 0 Å². The molecule has 1 aromatic heterocycles.